The van der Waals surface area contributed by atoms with Crippen LogP contribution in [0.4, 0.5) is 0 Å². The molecule has 1 aliphatic heterocycles. The zero-order chi connectivity index (χ0) is 26.3. The van der Waals surface area contributed by atoms with Gasteiger partial charge in [-0.2, -0.15) is 0 Å². The second kappa shape index (κ2) is 23.2. The van der Waals surface area contributed by atoms with Gasteiger partial charge >= 0.3 is 11.9 Å². The first-order valence-corrected chi connectivity index (χ1v) is 13.5. The molecule has 0 radical (unpaired) electrons. The van der Waals surface area contributed by atoms with Crippen molar-refractivity contribution in [2.45, 2.75) is 134 Å². The largest absolute Gasteiger partial charge is 0.480 e. The van der Waals surface area contributed by atoms with Crippen LogP contribution in [0.25, 0.3) is 0 Å². The number of aliphatic carboxylic acids is 1. The molecule has 0 unspecified atom stereocenters. The van der Waals surface area contributed by atoms with Gasteiger partial charge in [0.25, 0.3) is 0 Å². The molecule has 9 nitrogen and oxygen atoms in total. The molecule has 1 rings (SSSR count). The van der Waals surface area contributed by atoms with Crippen LogP contribution in [0.15, 0.2) is 0 Å². The number of carbonyl (C=O) groups is 2. The lowest BCUT2D eigenvalue weighted by Gasteiger charge is -2.24. The summed E-state index contributed by atoms with van der Waals surface area (Å²) in [6, 6.07) is 0. The van der Waals surface area contributed by atoms with Crippen molar-refractivity contribution in [3.05, 3.63) is 0 Å². The molecule has 0 spiro atoms. The van der Waals surface area contributed by atoms with Gasteiger partial charge in [0.15, 0.2) is 6.10 Å². The third kappa shape index (κ3) is 18.6. The van der Waals surface area contributed by atoms with Crippen LogP contribution in [0.2, 0.25) is 0 Å². The normalized spacial score (nSPS) is 20.2. The lowest BCUT2D eigenvalue weighted by molar-refractivity contribution is -0.162. The Balaban J connectivity index is 0.00000209. The van der Waals surface area contributed by atoms with Crippen LogP contribution < -0.4 is 0 Å². The van der Waals surface area contributed by atoms with Crippen LogP contribution >= 0.6 is 0 Å². The third-order valence-electron chi connectivity index (χ3n) is 6.14. The molecule has 5 N–H and O–H groups in total. The van der Waals surface area contributed by atoms with Crippen LogP contribution in [0, 0.1) is 0 Å². The highest BCUT2D eigenvalue weighted by atomic mass is 16.6. The Morgan fingerprint density at radius 2 is 1.26 bits per heavy atom. The minimum atomic E-state index is -1.19. The molecule has 1 heterocycles. The molecular formula is C26H50O9. The van der Waals surface area contributed by atoms with E-state index in [9.17, 15) is 20.1 Å². The van der Waals surface area contributed by atoms with Gasteiger partial charge in [-0.1, -0.05) is 96.8 Å². The number of carbonyl (C=O) groups excluding carboxylic acids is 1. The van der Waals surface area contributed by atoms with Crippen LogP contribution in [0.3, 0.4) is 0 Å². The summed E-state index contributed by atoms with van der Waals surface area (Å²) in [5.41, 5.74) is 0. The molecule has 208 valence electrons. The summed E-state index contributed by atoms with van der Waals surface area (Å²) in [6.07, 6.45) is 15.4. The van der Waals surface area contributed by atoms with Crippen molar-refractivity contribution in [1.82, 2.24) is 0 Å². The van der Waals surface area contributed by atoms with Gasteiger partial charge in [-0.3, -0.25) is 4.79 Å². The lowest BCUT2D eigenvalue weighted by atomic mass is 10.0. The van der Waals surface area contributed by atoms with Gasteiger partial charge in [-0.05, 0) is 6.42 Å². The van der Waals surface area contributed by atoms with Crippen molar-refractivity contribution in [3.63, 3.8) is 0 Å². The molecule has 1 saturated heterocycles. The summed E-state index contributed by atoms with van der Waals surface area (Å²) in [5.74, 6) is -1.58. The van der Waals surface area contributed by atoms with Gasteiger partial charge in [0, 0.05) is 6.42 Å². The fourth-order valence-corrected chi connectivity index (χ4v) is 4.03. The molecule has 4 atom stereocenters. The molecule has 0 aliphatic carbocycles. The van der Waals surface area contributed by atoms with E-state index in [4.69, 9.17) is 24.5 Å². The van der Waals surface area contributed by atoms with Gasteiger partial charge in [0.1, 0.15) is 24.9 Å². The number of ether oxygens (including phenoxy) is 2. The van der Waals surface area contributed by atoms with E-state index in [2.05, 4.69) is 6.92 Å². The summed E-state index contributed by atoms with van der Waals surface area (Å²) in [4.78, 5) is 21.1. The topological polar surface area (TPSA) is 154 Å². The molecule has 0 bridgehead atoms. The van der Waals surface area contributed by atoms with Crippen molar-refractivity contribution < 1.29 is 44.6 Å². The van der Waals surface area contributed by atoms with Crippen molar-refractivity contribution in [3.8, 4) is 0 Å². The van der Waals surface area contributed by atoms with Crippen molar-refractivity contribution in [1.29, 1.82) is 0 Å². The van der Waals surface area contributed by atoms with Gasteiger partial charge < -0.3 is 35.0 Å². The Morgan fingerprint density at radius 1 is 0.829 bits per heavy atom. The molecule has 0 saturated carbocycles. The Morgan fingerprint density at radius 3 is 1.60 bits per heavy atom. The number of carboxylic acid groups (broad SMARTS) is 1. The highest BCUT2D eigenvalue weighted by molar-refractivity contribution is 5.69. The first-order valence-electron chi connectivity index (χ1n) is 13.5. The maximum atomic E-state index is 12.0. The first kappa shape index (κ1) is 33.7. The van der Waals surface area contributed by atoms with Crippen LogP contribution in [0.5, 0.6) is 0 Å². The zero-order valence-electron chi connectivity index (χ0n) is 21.6. The van der Waals surface area contributed by atoms with Crippen molar-refractivity contribution >= 4 is 11.9 Å². The fourth-order valence-electron chi connectivity index (χ4n) is 4.03. The smallest absolute Gasteiger partial charge is 0.329 e. The molecule has 9 heteroatoms. The van der Waals surface area contributed by atoms with Crippen LogP contribution in [0.1, 0.15) is 110 Å². The summed E-state index contributed by atoms with van der Waals surface area (Å²) in [7, 11) is 0. The number of esters is 1. The molecule has 0 aromatic carbocycles. The Labute approximate surface area is 210 Å². The Kier molecular flexibility index (Phi) is 22.3. The number of carboxylic acids is 1. The van der Waals surface area contributed by atoms with Crippen LogP contribution in [-0.2, 0) is 19.1 Å². The quantitative estimate of drug-likeness (QED) is 0.124. The maximum Gasteiger partial charge on any atom is 0.329 e. The lowest BCUT2D eigenvalue weighted by Crippen LogP contribution is -2.43. The Hall–Kier alpha value is -1.26. The average Bonchev–Trinajstić information content (AvgIpc) is 3.18. The number of hydrogen-bond donors (Lipinski definition) is 5. The average molecular weight is 507 g/mol. The Bertz CT molecular complexity index is 515. The molecule has 0 aromatic heterocycles. The molecule has 35 heavy (non-hydrogen) atoms. The summed E-state index contributed by atoms with van der Waals surface area (Å²) in [5, 5.41) is 43.7. The number of unbranched alkanes of at least 4 members (excludes halogenated alkanes) is 14. The minimum Gasteiger partial charge on any atom is -0.480 e. The van der Waals surface area contributed by atoms with E-state index in [1.807, 2.05) is 0 Å². The second-order valence-corrected chi connectivity index (χ2v) is 9.32. The van der Waals surface area contributed by atoms with Gasteiger partial charge in [0.2, 0.25) is 0 Å². The minimum absolute atomic E-state index is 0.0149. The molecule has 1 aliphatic rings. The fraction of sp³-hybridized carbons (Fsp3) is 0.923. The highest BCUT2D eigenvalue weighted by Crippen LogP contribution is 2.20. The summed E-state index contributed by atoms with van der Waals surface area (Å²) >= 11 is 0. The van der Waals surface area contributed by atoms with E-state index in [0.717, 1.165) is 19.3 Å². The predicted molar refractivity (Wildman–Crippen MR) is 133 cm³/mol. The van der Waals surface area contributed by atoms with E-state index in [0.29, 0.717) is 6.42 Å². The molecule has 1 fully saturated rings. The van der Waals surface area contributed by atoms with E-state index in [1.165, 1.54) is 77.0 Å². The van der Waals surface area contributed by atoms with Crippen molar-refractivity contribution in [2.24, 2.45) is 0 Å². The van der Waals surface area contributed by atoms with Gasteiger partial charge in [-0.25, -0.2) is 4.79 Å². The number of aliphatic hydroxyl groups is 4. The van der Waals surface area contributed by atoms with Crippen LogP contribution in [-0.4, -0.2) is 81.7 Å². The molecule has 0 amide bonds. The van der Waals surface area contributed by atoms with E-state index >= 15 is 0 Å². The van der Waals surface area contributed by atoms with E-state index in [1.54, 1.807) is 0 Å². The maximum absolute atomic E-state index is 12.0. The number of rotatable bonds is 20. The third-order valence-corrected chi connectivity index (χ3v) is 6.14. The monoisotopic (exact) mass is 506 g/mol. The summed E-state index contributed by atoms with van der Waals surface area (Å²) < 4.78 is 10.5. The van der Waals surface area contributed by atoms with Crippen molar-refractivity contribution in [2.75, 3.05) is 19.8 Å². The highest BCUT2D eigenvalue weighted by Gasteiger charge is 2.41. The number of aliphatic hydroxyl groups excluding tert-OH is 4. The van der Waals surface area contributed by atoms with Gasteiger partial charge in [-0.15, -0.1) is 0 Å². The standard InChI is InChI=1S/C24H46O6.C2H4O3/c1-2-3-4-5-6-7-8-9-10-11-12-13-14-15-16-17-22(27)30-21(18-25)24-23(28)20(26)19-29-24;3-1-2(4)5/h20-21,23-26,28H,2-19H2,1H3;3H,1H2,(H,4,5)/t20-,21+,23+,24+;/m0./s1. The first-order chi connectivity index (χ1) is 16.9. The second-order valence-electron chi connectivity index (χ2n) is 9.32. The SMILES string of the molecule is CCCCCCCCCCCCCCCCCC(=O)O[C@H](CO)[C@H]1OC[C@H](O)[C@H]1O.O=C(O)CO. The number of hydrogen-bond acceptors (Lipinski definition) is 8. The molecular weight excluding hydrogens is 456 g/mol. The van der Waals surface area contributed by atoms with E-state index < -0.39 is 43.6 Å². The predicted octanol–water partition coefficient (Wildman–Crippen LogP) is 3.34. The molecule has 0 aromatic rings. The zero-order valence-corrected chi connectivity index (χ0v) is 21.6. The van der Waals surface area contributed by atoms with Gasteiger partial charge in [0.05, 0.1) is 13.2 Å². The van der Waals surface area contributed by atoms with E-state index in [-0.39, 0.29) is 12.6 Å². The summed E-state index contributed by atoms with van der Waals surface area (Å²) in [6.45, 7) is 1.03.